The summed E-state index contributed by atoms with van der Waals surface area (Å²) in [6.07, 6.45) is 6.31. The molecule has 0 unspecified atom stereocenters. The minimum Gasteiger partial charge on any atom is -0.223 e. The highest BCUT2D eigenvalue weighted by Gasteiger charge is 2.05. The summed E-state index contributed by atoms with van der Waals surface area (Å²) in [5.41, 5.74) is 0. The predicted molar refractivity (Wildman–Crippen MR) is 31.1 cm³/mol. The molecule has 0 aromatic heterocycles. The van der Waals surface area contributed by atoms with Crippen LogP contribution in [0.3, 0.4) is 0 Å². The van der Waals surface area contributed by atoms with Gasteiger partial charge >= 0.3 is 6.41 Å². The fourth-order valence-electron chi connectivity index (χ4n) is 0.883. The van der Waals surface area contributed by atoms with E-state index in [9.17, 15) is 4.79 Å². The number of carbonyl (C=O) groups excluding carboxylic acids is 1. The van der Waals surface area contributed by atoms with Gasteiger partial charge in [0, 0.05) is 12.8 Å². The molecule has 0 aliphatic carbocycles. The molecule has 0 saturated carbocycles. The molecule has 8 heavy (non-hydrogen) atoms. The minimum absolute atomic E-state index is 0.888. The van der Waals surface area contributed by atoms with Gasteiger partial charge in [-0.2, -0.15) is 4.58 Å². The maximum atomic E-state index is 10.1. The highest BCUT2D eigenvalue weighted by atomic mass is 16.1. The van der Waals surface area contributed by atoms with E-state index in [1.54, 1.807) is 4.58 Å². The molecule has 1 aliphatic heterocycles. The predicted octanol–water partition coefficient (Wildman–Crippen LogP) is 0.410. The zero-order valence-electron chi connectivity index (χ0n) is 4.84. The lowest BCUT2D eigenvalue weighted by atomic mass is 10.2. The van der Waals surface area contributed by atoms with Gasteiger partial charge in [-0.25, -0.2) is 4.79 Å². The summed E-state index contributed by atoms with van der Waals surface area (Å²) in [5.74, 6) is 0. The molecule has 1 aliphatic rings. The van der Waals surface area contributed by atoms with Gasteiger partial charge in [0.2, 0.25) is 0 Å². The van der Waals surface area contributed by atoms with E-state index < -0.39 is 0 Å². The first-order valence-electron chi connectivity index (χ1n) is 2.98. The average Bonchev–Trinajstić information content (AvgIpc) is 1.90. The molecule has 0 spiro atoms. The van der Waals surface area contributed by atoms with Gasteiger partial charge in [0.05, 0.1) is 0 Å². The lowest BCUT2D eigenvalue weighted by Gasteiger charge is -1.99. The Kier molecular flexibility index (Phi) is 1.78. The second kappa shape index (κ2) is 2.60. The van der Waals surface area contributed by atoms with Crippen molar-refractivity contribution >= 4 is 12.6 Å². The molecule has 2 nitrogen and oxygen atoms in total. The van der Waals surface area contributed by atoms with Crippen molar-refractivity contribution in [1.29, 1.82) is 0 Å². The van der Waals surface area contributed by atoms with Gasteiger partial charge in [-0.05, 0) is 6.42 Å². The van der Waals surface area contributed by atoms with Gasteiger partial charge in [-0.1, -0.05) is 0 Å². The Hall–Kier alpha value is -0.660. The molecule has 0 atom stereocenters. The van der Waals surface area contributed by atoms with Crippen molar-refractivity contribution < 1.29 is 9.37 Å². The van der Waals surface area contributed by atoms with Crippen LogP contribution in [0.25, 0.3) is 0 Å². The molecule has 0 fully saturated rings. The summed E-state index contributed by atoms with van der Waals surface area (Å²) in [4.78, 5) is 10.1. The fourth-order valence-corrected chi connectivity index (χ4v) is 0.883. The number of hydrogen-bond donors (Lipinski definition) is 0. The fraction of sp³-hybridized carbons (Fsp3) is 0.667. The van der Waals surface area contributed by atoms with Crippen molar-refractivity contribution in [3.8, 4) is 0 Å². The summed E-state index contributed by atoms with van der Waals surface area (Å²) in [6.45, 7) is 0.920. The van der Waals surface area contributed by atoms with Crippen LogP contribution in [0.2, 0.25) is 0 Å². The average molecular weight is 112 g/mol. The lowest BCUT2D eigenvalue weighted by molar-refractivity contribution is -0.434. The van der Waals surface area contributed by atoms with Crippen LogP contribution in [-0.4, -0.2) is 23.7 Å². The van der Waals surface area contributed by atoms with E-state index in [2.05, 4.69) is 0 Å². The Morgan fingerprint density at radius 3 is 2.75 bits per heavy atom. The van der Waals surface area contributed by atoms with Crippen LogP contribution in [0.4, 0.5) is 0 Å². The van der Waals surface area contributed by atoms with Gasteiger partial charge in [0.15, 0.2) is 6.54 Å². The molecule has 2 heteroatoms. The van der Waals surface area contributed by atoms with Gasteiger partial charge in [0.25, 0.3) is 0 Å². The first-order chi connectivity index (χ1) is 3.93. The van der Waals surface area contributed by atoms with Crippen molar-refractivity contribution in [3.05, 3.63) is 0 Å². The van der Waals surface area contributed by atoms with E-state index in [-0.39, 0.29) is 0 Å². The second-order valence-corrected chi connectivity index (χ2v) is 2.02. The Balaban J connectivity index is 2.49. The van der Waals surface area contributed by atoms with Crippen molar-refractivity contribution in [1.82, 2.24) is 0 Å². The van der Waals surface area contributed by atoms with Crippen LogP contribution in [-0.2, 0) is 4.79 Å². The maximum Gasteiger partial charge on any atom is 0.374 e. The first-order valence-corrected chi connectivity index (χ1v) is 2.98. The third-order valence-electron chi connectivity index (χ3n) is 1.37. The van der Waals surface area contributed by atoms with Gasteiger partial charge in [-0.15, -0.1) is 0 Å². The number of amides is 1. The van der Waals surface area contributed by atoms with E-state index >= 15 is 0 Å². The van der Waals surface area contributed by atoms with Crippen molar-refractivity contribution in [2.45, 2.75) is 19.3 Å². The van der Waals surface area contributed by atoms with Crippen LogP contribution in [0, 0.1) is 0 Å². The molecule has 0 N–H and O–H groups in total. The Morgan fingerprint density at radius 1 is 1.50 bits per heavy atom. The quantitative estimate of drug-likeness (QED) is 0.355. The summed E-state index contributed by atoms with van der Waals surface area (Å²) < 4.78 is 1.71. The van der Waals surface area contributed by atoms with Crippen molar-refractivity contribution in [2.75, 3.05) is 6.54 Å². The SMILES string of the molecule is O=C[N+]1=CCCCC1. The number of carbonyl (C=O) groups is 1. The van der Waals surface area contributed by atoms with Crippen LogP contribution < -0.4 is 0 Å². The van der Waals surface area contributed by atoms with E-state index in [1.165, 1.54) is 6.42 Å². The van der Waals surface area contributed by atoms with E-state index in [0.29, 0.717) is 0 Å². The molecule has 0 bridgehead atoms. The largest absolute Gasteiger partial charge is 0.374 e. The van der Waals surface area contributed by atoms with Crippen LogP contribution >= 0.6 is 0 Å². The van der Waals surface area contributed by atoms with E-state index in [0.717, 1.165) is 25.8 Å². The van der Waals surface area contributed by atoms with Gasteiger partial charge in [-0.3, -0.25) is 0 Å². The van der Waals surface area contributed by atoms with Gasteiger partial charge in [0.1, 0.15) is 6.21 Å². The molecule has 1 amide bonds. The third kappa shape index (κ3) is 1.15. The zero-order chi connectivity index (χ0) is 5.82. The lowest BCUT2D eigenvalue weighted by Crippen LogP contribution is -2.16. The van der Waals surface area contributed by atoms with Crippen molar-refractivity contribution in [2.24, 2.45) is 0 Å². The smallest absolute Gasteiger partial charge is 0.223 e. The van der Waals surface area contributed by atoms with E-state index in [4.69, 9.17) is 0 Å². The highest BCUT2D eigenvalue weighted by molar-refractivity contribution is 5.57. The van der Waals surface area contributed by atoms with Crippen LogP contribution in [0.5, 0.6) is 0 Å². The normalized spacial score (nSPS) is 19.8. The monoisotopic (exact) mass is 112 g/mol. The number of nitrogens with zero attached hydrogens (tertiary/aromatic N) is 1. The molecule has 0 radical (unpaired) electrons. The molecule has 0 saturated heterocycles. The summed E-state index contributed by atoms with van der Waals surface area (Å²) in [5, 5.41) is 0. The standard InChI is InChI=1S/C6H10NO/c8-6-7-4-2-1-3-5-7/h4,6H,1-3,5H2/q+1. The van der Waals surface area contributed by atoms with Crippen LogP contribution in [0.1, 0.15) is 19.3 Å². The second-order valence-electron chi connectivity index (χ2n) is 2.02. The Bertz CT molecular complexity index is 118. The molecule has 0 aromatic rings. The Morgan fingerprint density at radius 2 is 2.38 bits per heavy atom. The number of hydrogen-bond acceptors (Lipinski definition) is 1. The number of rotatable bonds is 1. The van der Waals surface area contributed by atoms with Crippen molar-refractivity contribution in [3.63, 3.8) is 0 Å². The molecule has 0 aromatic carbocycles. The minimum atomic E-state index is 0.888. The summed E-state index contributed by atoms with van der Waals surface area (Å²) in [6, 6.07) is 0. The van der Waals surface area contributed by atoms with E-state index in [1.807, 2.05) is 6.21 Å². The van der Waals surface area contributed by atoms with Gasteiger partial charge < -0.3 is 0 Å². The molecular formula is C6H10NO+. The molecule has 1 rings (SSSR count). The zero-order valence-corrected chi connectivity index (χ0v) is 4.84. The highest BCUT2D eigenvalue weighted by Crippen LogP contribution is 1.97. The first kappa shape index (κ1) is 5.48. The Labute approximate surface area is 48.8 Å². The molecule has 44 valence electrons. The third-order valence-corrected chi connectivity index (χ3v) is 1.37. The molecule has 1 heterocycles. The summed E-state index contributed by atoms with van der Waals surface area (Å²) >= 11 is 0. The topological polar surface area (TPSA) is 20.1 Å². The van der Waals surface area contributed by atoms with Crippen LogP contribution in [0.15, 0.2) is 0 Å². The molecular weight excluding hydrogens is 102 g/mol. The maximum absolute atomic E-state index is 10.1. The summed E-state index contributed by atoms with van der Waals surface area (Å²) in [7, 11) is 0.